The molecule has 0 spiro atoms. The Balaban J connectivity index is 1.79. The van der Waals surface area contributed by atoms with Gasteiger partial charge in [-0.3, -0.25) is 24.1 Å². The van der Waals surface area contributed by atoms with Crippen LogP contribution in [0, 0.1) is 0 Å². The summed E-state index contributed by atoms with van der Waals surface area (Å²) >= 11 is 0. The number of ether oxygens (including phenoxy) is 1. The molecule has 0 radical (unpaired) electrons. The lowest BCUT2D eigenvalue weighted by atomic mass is 9.89. The number of esters is 1. The molecule has 0 saturated carbocycles. The standard InChI is InChI=1S/C23H17NO5/c1-14(25)29-13-12-24-22(27)18-9-5-8-16-17(10-11-19(20(16)18)23(24)28)21(26)15-6-3-2-4-7-15/h2-11H,12-13H2,1H3. The Labute approximate surface area is 166 Å². The lowest BCUT2D eigenvalue weighted by molar-refractivity contribution is -0.141. The Bertz CT molecular complexity index is 1140. The molecular weight excluding hydrogens is 370 g/mol. The Morgan fingerprint density at radius 1 is 0.862 bits per heavy atom. The van der Waals surface area contributed by atoms with Crippen LogP contribution in [0.25, 0.3) is 10.8 Å². The lowest BCUT2D eigenvalue weighted by Gasteiger charge is -2.27. The first-order valence-corrected chi connectivity index (χ1v) is 9.14. The minimum atomic E-state index is -0.478. The van der Waals surface area contributed by atoms with Crippen molar-refractivity contribution in [2.24, 2.45) is 0 Å². The Morgan fingerprint density at radius 2 is 1.55 bits per heavy atom. The van der Waals surface area contributed by atoms with E-state index in [2.05, 4.69) is 0 Å². The van der Waals surface area contributed by atoms with Gasteiger partial charge in [-0.15, -0.1) is 0 Å². The predicted octanol–water partition coefficient (Wildman–Crippen LogP) is 3.23. The molecule has 4 rings (SSSR count). The van der Waals surface area contributed by atoms with E-state index >= 15 is 0 Å². The molecule has 144 valence electrons. The number of carbonyl (C=O) groups excluding carboxylic acids is 4. The fraction of sp³-hybridized carbons (Fsp3) is 0.130. The van der Waals surface area contributed by atoms with Crippen molar-refractivity contribution in [2.75, 3.05) is 13.2 Å². The maximum Gasteiger partial charge on any atom is 0.302 e. The zero-order valence-electron chi connectivity index (χ0n) is 15.7. The molecule has 0 fully saturated rings. The molecule has 0 bridgehead atoms. The zero-order chi connectivity index (χ0) is 20.5. The van der Waals surface area contributed by atoms with Crippen molar-refractivity contribution < 1.29 is 23.9 Å². The van der Waals surface area contributed by atoms with E-state index in [4.69, 9.17) is 4.74 Å². The summed E-state index contributed by atoms with van der Waals surface area (Å²) in [6, 6.07) is 17.1. The third-order valence-electron chi connectivity index (χ3n) is 4.89. The number of benzene rings is 3. The van der Waals surface area contributed by atoms with Crippen LogP contribution >= 0.6 is 0 Å². The van der Waals surface area contributed by atoms with Gasteiger partial charge >= 0.3 is 5.97 Å². The van der Waals surface area contributed by atoms with Gasteiger partial charge in [0.15, 0.2) is 5.78 Å². The smallest absolute Gasteiger partial charge is 0.302 e. The average Bonchev–Trinajstić information content (AvgIpc) is 2.74. The highest BCUT2D eigenvalue weighted by atomic mass is 16.5. The molecule has 0 N–H and O–H groups in total. The minimum Gasteiger partial charge on any atom is -0.464 e. The SMILES string of the molecule is CC(=O)OCCN1C(=O)c2cccc3c(C(=O)c4ccccc4)ccc(c23)C1=O. The number of nitrogens with zero attached hydrogens (tertiary/aromatic N) is 1. The third-order valence-corrected chi connectivity index (χ3v) is 4.89. The van der Waals surface area contributed by atoms with Crippen molar-refractivity contribution in [2.45, 2.75) is 6.92 Å². The van der Waals surface area contributed by atoms with E-state index in [0.29, 0.717) is 33.0 Å². The molecule has 0 aliphatic carbocycles. The highest BCUT2D eigenvalue weighted by molar-refractivity contribution is 6.28. The molecule has 0 aromatic heterocycles. The van der Waals surface area contributed by atoms with E-state index in [0.717, 1.165) is 4.90 Å². The second kappa shape index (κ2) is 7.31. The van der Waals surface area contributed by atoms with Crippen molar-refractivity contribution in [1.29, 1.82) is 0 Å². The van der Waals surface area contributed by atoms with Crippen LogP contribution in [-0.4, -0.2) is 41.6 Å². The van der Waals surface area contributed by atoms with E-state index in [1.54, 1.807) is 54.6 Å². The van der Waals surface area contributed by atoms with Crippen molar-refractivity contribution >= 4 is 34.3 Å². The monoisotopic (exact) mass is 387 g/mol. The molecule has 3 aromatic carbocycles. The molecule has 6 heteroatoms. The van der Waals surface area contributed by atoms with E-state index < -0.39 is 17.8 Å². The van der Waals surface area contributed by atoms with E-state index in [-0.39, 0.29) is 18.9 Å². The van der Waals surface area contributed by atoms with E-state index in [1.807, 2.05) is 6.07 Å². The molecule has 0 atom stereocenters. The lowest BCUT2D eigenvalue weighted by Crippen LogP contribution is -2.42. The van der Waals surface area contributed by atoms with Gasteiger partial charge in [0.05, 0.1) is 6.54 Å². The predicted molar refractivity (Wildman–Crippen MR) is 106 cm³/mol. The molecule has 0 saturated heterocycles. The molecule has 0 unspecified atom stereocenters. The zero-order valence-corrected chi connectivity index (χ0v) is 15.7. The van der Waals surface area contributed by atoms with Gasteiger partial charge in [0.1, 0.15) is 6.61 Å². The molecule has 1 aliphatic rings. The molecule has 2 amide bonds. The fourth-order valence-corrected chi connectivity index (χ4v) is 3.57. The van der Waals surface area contributed by atoms with Crippen molar-refractivity contribution in [3.63, 3.8) is 0 Å². The number of amides is 2. The number of hydrogen-bond donors (Lipinski definition) is 0. The molecule has 1 heterocycles. The summed E-state index contributed by atoms with van der Waals surface area (Å²) in [6.07, 6.45) is 0. The molecule has 29 heavy (non-hydrogen) atoms. The van der Waals surface area contributed by atoms with Crippen LogP contribution in [0.4, 0.5) is 0 Å². The highest BCUT2D eigenvalue weighted by Crippen LogP contribution is 2.33. The average molecular weight is 387 g/mol. The van der Waals surface area contributed by atoms with E-state index in [1.165, 1.54) is 6.92 Å². The number of ketones is 1. The molecule has 6 nitrogen and oxygen atoms in total. The highest BCUT2D eigenvalue weighted by Gasteiger charge is 2.33. The number of imide groups is 1. The first-order chi connectivity index (χ1) is 14.0. The Morgan fingerprint density at radius 3 is 2.24 bits per heavy atom. The summed E-state index contributed by atoms with van der Waals surface area (Å²) in [7, 11) is 0. The number of rotatable bonds is 5. The largest absolute Gasteiger partial charge is 0.464 e. The second-order valence-corrected chi connectivity index (χ2v) is 6.69. The Kier molecular flexibility index (Phi) is 4.68. The summed E-state index contributed by atoms with van der Waals surface area (Å²) in [6.45, 7) is 1.17. The quantitative estimate of drug-likeness (QED) is 0.381. The number of carbonyl (C=O) groups is 4. The number of hydrogen-bond acceptors (Lipinski definition) is 5. The van der Waals surface area contributed by atoms with E-state index in [9.17, 15) is 19.2 Å². The van der Waals surface area contributed by atoms with Crippen LogP contribution in [-0.2, 0) is 9.53 Å². The first kappa shape index (κ1) is 18.6. The van der Waals surface area contributed by atoms with Crippen molar-refractivity contribution in [1.82, 2.24) is 4.90 Å². The van der Waals surface area contributed by atoms with Crippen LogP contribution in [0.5, 0.6) is 0 Å². The van der Waals surface area contributed by atoms with Gasteiger partial charge in [-0.25, -0.2) is 0 Å². The van der Waals surface area contributed by atoms with Crippen LogP contribution in [0.1, 0.15) is 43.6 Å². The topological polar surface area (TPSA) is 80.8 Å². The van der Waals surface area contributed by atoms with Crippen LogP contribution in [0.15, 0.2) is 60.7 Å². The molecular formula is C23H17NO5. The van der Waals surface area contributed by atoms with Gasteiger partial charge in [-0.2, -0.15) is 0 Å². The van der Waals surface area contributed by atoms with Gasteiger partial charge in [-0.05, 0) is 23.6 Å². The van der Waals surface area contributed by atoms with Gasteiger partial charge in [0.25, 0.3) is 11.8 Å². The summed E-state index contributed by atoms with van der Waals surface area (Å²) in [5, 5.41) is 1.04. The van der Waals surface area contributed by atoms with Crippen molar-refractivity contribution in [3.05, 3.63) is 82.9 Å². The molecule has 3 aromatic rings. The summed E-state index contributed by atoms with van der Waals surface area (Å²) in [5.74, 6) is -1.59. The van der Waals surface area contributed by atoms with Gasteiger partial charge in [0.2, 0.25) is 0 Å². The molecule has 1 aliphatic heterocycles. The van der Waals surface area contributed by atoms with Gasteiger partial charge < -0.3 is 4.74 Å². The summed E-state index contributed by atoms with van der Waals surface area (Å²) in [4.78, 5) is 50.9. The maximum atomic E-state index is 13.0. The van der Waals surface area contributed by atoms with Crippen LogP contribution < -0.4 is 0 Å². The Hall–Kier alpha value is -3.80. The first-order valence-electron chi connectivity index (χ1n) is 9.14. The van der Waals surface area contributed by atoms with Gasteiger partial charge in [-0.1, -0.05) is 42.5 Å². The second-order valence-electron chi connectivity index (χ2n) is 6.69. The fourth-order valence-electron chi connectivity index (χ4n) is 3.57. The van der Waals surface area contributed by atoms with Crippen LogP contribution in [0.2, 0.25) is 0 Å². The summed E-state index contributed by atoms with van der Waals surface area (Å²) < 4.78 is 4.87. The third kappa shape index (κ3) is 3.18. The summed E-state index contributed by atoms with van der Waals surface area (Å²) in [5.41, 5.74) is 1.67. The van der Waals surface area contributed by atoms with Gasteiger partial charge in [0, 0.05) is 34.6 Å². The minimum absolute atomic E-state index is 0.0300. The van der Waals surface area contributed by atoms with Crippen molar-refractivity contribution in [3.8, 4) is 0 Å². The maximum absolute atomic E-state index is 13.0. The normalized spacial score (nSPS) is 12.9. The van der Waals surface area contributed by atoms with Crippen LogP contribution in [0.3, 0.4) is 0 Å².